The van der Waals surface area contributed by atoms with Gasteiger partial charge in [0, 0.05) is 24.9 Å². The number of hydrogen-bond acceptors (Lipinski definition) is 4. The number of benzene rings is 1. The third-order valence-corrected chi connectivity index (χ3v) is 3.37. The summed E-state index contributed by atoms with van der Waals surface area (Å²) in [5, 5.41) is 11.1. The van der Waals surface area contributed by atoms with E-state index in [0.717, 1.165) is 18.7 Å². The Morgan fingerprint density at radius 2 is 1.89 bits per heavy atom. The second-order valence-corrected chi connectivity index (χ2v) is 4.53. The molecule has 0 amide bonds. The highest BCUT2D eigenvalue weighted by Gasteiger charge is 2.34. The molecule has 1 saturated heterocycles. The van der Waals surface area contributed by atoms with Crippen molar-refractivity contribution in [3.8, 4) is 0 Å². The van der Waals surface area contributed by atoms with Crippen molar-refractivity contribution < 1.29 is 9.66 Å². The van der Waals surface area contributed by atoms with Crippen LogP contribution < -0.4 is 0 Å². The van der Waals surface area contributed by atoms with E-state index in [1.165, 1.54) is 0 Å². The Balaban J connectivity index is 2.25. The lowest BCUT2D eigenvalue weighted by Crippen LogP contribution is -2.44. The molecule has 0 radical (unpaired) electrons. The van der Waals surface area contributed by atoms with Crippen molar-refractivity contribution in [2.45, 2.75) is 19.0 Å². The third kappa shape index (κ3) is 2.86. The van der Waals surface area contributed by atoms with Crippen molar-refractivity contribution in [2.75, 3.05) is 26.3 Å². The molecule has 1 aromatic rings. The van der Waals surface area contributed by atoms with Gasteiger partial charge in [0.25, 0.3) is 0 Å². The minimum atomic E-state index is -0.620. The summed E-state index contributed by atoms with van der Waals surface area (Å²) in [5.41, 5.74) is 1.00. The lowest BCUT2D eigenvalue weighted by Gasteiger charge is -2.34. The van der Waals surface area contributed by atoms with Crippen molar-refractivity contribution in [1.29, 1.82) is 0 Å². The molecule has 18 heavy (non-hydrogen) atoms. The molecule has 0 saturated carbocycles. The number of hydrogen-bond donors (Lipinski definition) is 0. The molecule has 1 aromatic carbocycles. The van der Waals surface area contributed by atoms with Gasteiger partial charge in [-0.3, -0.25) is 15.0 Å². The van der Waals surface area contributed by atoms with Crippen molar-refractivity contribution in [2.24, 2.45) is 0 Å². The van der Waals surface area contributed by atoms with E-state index in [0.29, 0.717) is 13.2 Å². The molecule has 0 aliphatic carbocycles. The van der Waals surface area contributed by atoms with E-state index in [4.69, 9.17) is 4.74 Å². The highest BCUT2D eigenvalue weighted by atomic mass is 16.6. The Labute approximate surface area is 107 Å². The molecule has 0 bridgehead atoms. The first-order valence-electron chi connectivity index (χ1n) is 6.20. The summed E-state index contributed by atoms with van der Waals surface area (Å²) in [5.74, 6) is 0. The highest BCUT2D eigenvalue weighted by Crippen LogP contribution is 2.26. The number of nitro groups is 1. The molecule has 2 rings (SSSR count). The minimum absolute atomic E-state index is 0.176. The Hall–Kier alpha value is -1.46. The van der Waals surface area contributed by atoms with Crippen LogP contribution in [-0.4, -0.2) is 42.2 Å². The zero-order chi connectivity index (χ0) is 13.0. The van der Waals surface area contributed by atoms with E-state index in [9.17, 15) is 10.1 Å². The Morgan fingerprint density at radius 1 is 1.28 bits per heavy atom. The van der Waals surface area contributed by atoms with Gasteiger partial charge in [-0.15, -0.1) is 0 Å². The fourth-order valence-electron chi connectivity index (χ4n) is 2.42. The van der Waals surface area contributed by atoms with E-state index in [1.54, 1.807) is 6.92 Å². The maximum Gasteiger partial charge on any atom is 0.229 e. The Morgan fingerprint density at radius 3 is 2.44 bits per heavy atom. The normalized spacial score (nSPS) is 20.3. The summed E-state index contributed by atoms with van der Waals surface area (Å²) < 4.78 is 5.31. The molecule has 1 aliphatic rings. The van der Waals surface area contributed by atoms with Crippen molar-refractivity contribution in [1.82, 2.24) is 4.90 Å². The van der Waals surface area contributed by atoms with E-state index < -0.39 is 6.04 Å². The Kier molecular flexibility index (Phi) is 4.28. The summed E-state index contributed by atoms with van der Waals surface area (Å²) in [4.78, 5) is 13.0. The summed E-state index contributed by atoms with van der Waals surface area (Å²) in [6.07, 6.45) is 0. The molecule has 2 atom stereocenters. The fraction of sp³-hybridized carbons (Fsp3) is 0.538. The lowest BCUT2D eigenvalue weighted by molar-refractivity contribution is -0.527. The van der Waals surface area contributed by atoms with E-state index in [2.05, 4.69) is 4.90 Å². The molecule has 5 heteroatoms. The summed E-state index contributed by atoms with van der Waals surface area (Å²) in [6.45, 7) is 4.46. The molecule has 0 spiro atoms. The van der Waals surface area contributed by atoms with Crippen LogP contribution in [0.1, 0.15) is 18.5 Å². The number of ether oxygens (including phenoxy) is 1. The van der Waals surface area contributed by atoms with Gasteiger partial charge < -0.3 is 4.74 Å². The average molecular weight is 250 g/mol. The zero-order valence-electron chi connectivity index (χ0n) is 10.5. The molecular formula is C13H18N2O3. The maximum absolute atomic E-state index is 11.1. The summed E-state index contributed by atoms with van der Waals surface area (Å²) in [6, 6.07) is 8.90. The first-order valence-corrected chi connectivity index (χ1v) is 6.20. The van der Waals surface area contributed by atoms with Crippen LogP contribution in [0.3, 0.4) is 0 Å². The summed E-state index contributed by atoms with van der Waals surface area (Å²) in [7, 11) is 0. The quantitative estimate of drug-likeness (QED) is 0.603. The largest absolute Gasteiger partial charge is 0.379 e. The van der Waals surface area contributed by atoms with Crippen LogP contribution in [0.5, 0.6) is 0 Å². The molecular weight excluding hydrogens is 232 g/mol. The van der Waals surface area contributed by atoms with Crippen LogP contribution in [-0.2, 0) is 4.74 Å². The van der Waals surface area contributed by atoms with Gasteiger partial charge in [0.05, 0.1) is 13.2 Å². The number of nitrogens with zero attached hydrogens (tertiary/aromatic N) is 2. The third-order valence-electron chi connectivity index (χ3n) is 3.37. The van der Waals surface area contributed by atoms with Crippen LogP contribution >= 0.6 is 0 Å². The van der Waals surface area contributed by atoms with Gasteiger partial charge in [-0.25, -0.2) is 0 Å². The monoisotopic (exact) mass is 250 g/mol. The van der Waals surface area contributed by atoms with Crippen LogP contribution in [0.25, 0.3) is 0 Å². The molecule has 0 unspecified atom stereocenters. The minimum Gasteiger partial charge on any atom is -0.379 e. The zero-order valence-corrected chi connectivity index (χ0v) is 10.5. The lowest BCUT2D eigenvalue weighted by atomic mass is 9.98. The molecule has 1 fully saturated rings. The molecule has 0 aromatic heterocycles. The van der Waals surface area contributed by atoms with Gasteiger partial charge in [0.1, 0.15) is 6.04 Å². The van der Waals surface area contributed by atoms with Crippen molar-refractivity contribution >= 4 is 0 Å². The highest BCUT2D eigenvalue weighted by molar-refractivity contribution is 5.20. The predicted octanol–water partition coefficient (Wildman–Crippen LogP) is 1.73. The number of morpholine rings is 1. The topological polar surface area (TPSA) is 55.6 Å². The van der Waals surface area contributed by atoms with Crippen LogP contribution in [0.2, 0.25) is 0 Å². The first-order chi connectivity index (χ1) is 8.70. The molecule has 5 nitrogen and oxygen atoms in total. The second-order valence-electron chi connectivity index (χ2n) is 4.53. The average Bonchev–Trinajstić information content (AvgIpc) is 2.41. The van der Waals surface area contributed by atoms with Gasteiger partial charge in [-0.2, -0.15) is 0 Å². The van der Waals surface area contributed by atoms with Gasteiger partial charge >= 0.3 is 0 Å². The van der Waals surface area contributed by atoms with Crippen LogP contribution in [0, 0.1) is 10.1 Å². The molecule has 1 heterocycles. The van der Waals surface area contributed by atoms with Gasteiger partial charge in [-0.05, 0) is 5.56 Å². The number of rotatable bonds is 4. The standard InChI is InChI=1S/C13H18N2O3/c1-11(15(16)17)13(12-5-3-2-4-6-12)14-7-9-18-10-8-14/h2-6,11,13H,7-10H2,1H3/t11-,13-/m1/s1. The van der Waals surface area contributed by atoms with Gasteiger partial charge in [0.15, 0.2) is 0 Å². The second kappa shape index (κ2) is 5.93. The van der Waals surface area contributed by atoms with Gasteiger partial charge in [-0.1, -0.05) is 30.3 Å². The van der Waals surface area contributed by atoms with E-state index >= 15 is 0 Å². The smallest absolute Gasteiger partial charge is 0.229 e. The van der Waals surface area contributed by atoms with Crippen LogP contribution in [0.4, 0.5) is 0 Å². The summed E-state index contributed by atoms with van der Waals surface area (Å²) >= 11 is 0. The SMILES string of the molecule is C[C@H]([C@H](c1ccccc1)N1CCOCC1)[N+](=O)[O-]. The fourth-order valence-corrected chi connectivity index (χ4v) is 2.42. The van der Waals surface area contributed by atoms with Crippen molar-refractivity contribution in [3.63, 3.8) is 0 Å². The molecule has 98 valence electrons. The maximum atomic E-state index is 11.1. The van der Waals surface area contributed by atoms with E-state index in [1.807, 2.05) is 30.3 Å². The van der Waals surface area contributed by atoms with E-state index in [-0.39, 0.29) is 11.0 Å². The molecule has 0 N–H and O–H groups in total. The van der Waals surface area contributed by atoms with Gasteiger partial charge in [0.2, 0.25) is 6.04 Å². The van der Waals surface area contributed by atoms with Crippen molar-refractivity contribution in [3.05, 3.63) is 46.0 Å². The first kappa shape index (κ1) is 13.0. The predicted molar refractivity (Wildman–Crippen MR) is 68.0 cm³/mol. The Bertz CT molecular complexity index is 390. The molecule has 1 aliphatic heterocycles. The van der Waals surface area contributed by atoms with Crippen LogP contribution in [0.15, 0.2) is 30.3 Å².